The van der Waals surface area contributed by atoms with Gasteiger partial charge in [0.1, 0.15) is 22.3 Å². The predicted octanol–water partition coefficient (Wildman–Crippen LogP) is 16.8. The molecule has 0 aliphatic carbocycles. The van der Waals surface area contributed by atoms with E-state index in [0.29, 0.717) is 0 Å². The Labute approximate surface area is 353 Å². The molecular weight excluding hydrogens is 743 g/mol. The second-order valence-corrected chi connectivity index (χ2v) is 15.6. The maximum absolute atomic E-state index is 6.47. The number of hydrogen-bond donors (Lipinski definition) is 0. The largest absolute Gasteiger partial charge is 0.456 e. The zero-order valence-corrected chi connectivity index (χ0v) is 33.1. The first-order valence-electron chi connectivity index (χ1n) is 20.7. The van der Waals surface area contributed by atoms with Crippen molar-refractivity contribution in [3.8, 4) is 44.5 Å². The summed E-state index contributed by atoms with van der Waals surface area (Å²) in [6.45, 7) is 0. The lowest BCUT2D eigenvalue weighted by molar-refractivity contribution is 0.669. The Morgan fingerprint density at radius 1 is 0.295 bits per heavy atom. The number of fused-ring (bicyclic) bond motifs is 7. The van der Waals surface area contributed by atoms with Gasteiger partial charge in [-0.25, -0.2) is 0 Å². The Hall–Kier alpha value is -8.14. The van der Waals surface area contributed by atoms with Crippen LogP contribution in [0, 0.1) is 0 Å². The maximum atomic E-state index is 6.47. The minimum atomic E-state index is 0.873. The maximum Gasteiger partial charge on any atom is 0.143 e. The first-order chi connectivity index (χ1) is 30.2. The Balaban J connectivity index is 1.01. The van der Waals surface area contributed by atoms with Gasteiger partial charge in [0.15, 0.2) is 0 Å². The van der Waals surface area contributed by atoms with Gasteiger partial charge in [0.25, 0.3) is 0 Å². The van der Waals surface area contributed by atoms with Crippen LogP contribution in [0.3, 0.4) is 0 Å². The van der Waals surface area contributed by atoms with Crippen LogP contribution in [0.5, 0.6) is 0 Å². The molecule has 12 rings (SSSR count). The summed E-state index contributed by atoms with van der Waals surface area (Å²) in [7, 11) is 0. The molecule has 0 bridgehead atoms. The highest BCUT2D eigenvalue weighted by atomic mass is 16.3. The van der Waals surface area contributed by atoms with Crippen LogP contribution in [-0.2, 0) is 0 Å². The summed E-state index contributed by atoms with van der Waals surface area (Å²) in [5.74, 6) is 0. The molecular formula is C58H37NO2. The van der Waals surface area contributed by atoms with Gasteiger partial charge in [-0.3, -0.25) is 0 Å². The Bertz CT molecular complexity index is 3610. The van der Waals surface area contributed by atoms with E-state index in [-0.39, 0.29) is 0 Å². The van der Waals surface area contributed by atoms with E-state index in [0.717, 1.165) is 94.3 Å². The number of nitrogens with zero attached hydrogens (tertiary/aromatic N) is 1. The lowest BCUT2D eigenvalue weighted by atomic mass is 9.95. The van der Waals surface area contributed by atoms with Crippen LogP contribution in [0.2, 0.25) is 0 Å². The van der Waals surface area contributed by atoms with Crippen molar-refractivity contribution >= 4 is 71.7 Å². The zero-order valence-electron chi connectivity index (χ0n) is 33.1. The molecule has 0 saturated heterocycles. The van der Waals surface area contributed by atoms with Gasteiger partial charge in [0.2, 0.25) is 0 Å². The molecule has 0 aliphatic heterocycles. The highest BCUT2D eigenvalue weighted by molar-refractivity contribution is 6.14. The standard InChI is InChI=1S/C58H37NO2/c1-2-14-40-35-44(30-29-38(40)13-1)42-16-9-15-41(36-42)43-17-10-18-46(37-43)59(45-33-31-39(32-34-45)47-22-11-24-51-49-20-4-7-26-54(49)61-58(47)51)53-25-6-3-19-48(53)50-23-12-28-56-57(50)52-21-5-8-27-55(52)60-56/h1-37H. The quantitative estimate of drug-likeness (QED) is 0.161. The zero-order chi connectivity index (χ0) is 40.3. The second kappa shape index (κ2) is 14.3. The number of hydrogen-bond acceptors (Lipinski definition) is 3. The molecule has 3 nitrogen and oxygen atoms in total. The van der Waals surface area contributed by atoms with Crippen LogP contribution in [0.1, 0.15) is 0 Å². The predicted molar refractivity (Wildman–Crippen MR) is 255 cm³/mol. The first-order valence-corrected chi connectivity index (χ1v) is 20.7. The van der Waals surface area contributed by atoms with E-state index >= 15 is 0 Å². The molecule has 12 aromatic rings. The van der Waals surface area contributed by atoms with E-state index in [9.17, 15) is 0 Å². The minimum Gasteiger partial charge on any atom is -0.456 e. The summed E-state index contributed by atoms with van der Waals surface area (Å²) in [5.41, 5.74) is 15.8. The topological polar surface area (TPSA) is 29.5 Å². The van der Waals surface area contributed by atoms with Crippen LogP contribution in [0.25, 0.3) is 99.2 Å². The lowest BCUT2D eigenvalue weighted by Gasteiger charge is -2.28. The van der Waals surface area contributed by atoms with Gasteiger partial charge in [-0.2, -0.15) is 0 Å². The third-order valence-electron chi connectivity index (χ3n) is 12.1. The van der Waals surface area contributed by atoms with E-state index in [1.807, 2.05) is 24.3 Å². The van der Waals surface area contributed by atoms with Crippen molar-refractivity contribution in [2.75, 3.05) is 4.90 Å². The monoisotopic (exact) mass is 779 g/mol. The highest BCUT2D eigenvalue weighted by Crippen LogP contribution is 2.46. The van der Waals surface area contributed by atoms with Gasteiger partial charge >= 0.3 is 0 Å². The van der Waals surface area contributed by atoms with Gasteiger partial charge < -0.3 is 13.7 Å². The smallest absolute Gasteiger partial charge is 0.143 e. The molecule has 3 heteroatoms. The molecule has 0 radical (unpaired) electrons. The molecule has 0 spiro atoms. The van der Waals surface area contributed by atoms with Crippen molar-refractivity contribution < 1.29 is 8.83 Å². The number of para-hydroxylation sites is 4. The molecule has 2 heterocycles. The number of rotatable bonds is 7. The number of benzene rings is 10. The third-order valence-corrected chi connectivity index (χ3v) is 12.1. The van der Waals surface area contributed by atoms with Crippen molar-refractivity contribution in [3.05, 3.63) is 224 Å². The fourth-order valence-corrected chi connectivity index (χ4v) is 9.16. The fourth-order valence-electron chi connectivity index (χ4n) is 9.16. The Morgan fingerprint density at radius 3 is 1.72 bits per heavy atom. The molecule has 0 saturated carbocycles. The van der Waals surface area contributed by atoms with Crippen LogP contribution in [0.15, 0.2) is 233 Å². The summed E-state index contributed by atoms with van der Waals surface area (Å²) in [5, 5.41) is 6.94. The summed E-state index contributed by atoms with van der Waals surface area (Å²) >= 11 is 0. The van der Waals surface area contributed by atoms with Crippen molar-refractivity contribution in [2.24, 2.45) is 0 Å². The summed E-state index contributed by atoms with van der Waals surface area (Å²) < 4.78 is 12.9. The molecule has 0 amide bonds. The number of furan rings is 2. The van der Waals surface area contributed by atoms with Gasteiger partial charge in [-0.15, -0.1) is 0 Å². The molecule has 0 fully saturated rings. The summed E-state index contributed by atoms with van der Waals surface area (Å²) in [4.78, 5) is 2.39. The van der Waals surface area contributed by atoms with E-state index in [2.05, 4.69) is 205 Å². The molecule has 10 aromatic carbocycles. The van der Waals surface area contributed by atoms with Crippen LogP contribution in [-0.4, -0.2) is 0 Å². The Morgan fingerprint density at radius 2 is 0.869 bits per heavy atom. The SMILES string of the molecule is c1cc(-c2cccc(N(c3ccc(-c4cccc5c4oc4ccccc45)cc3)c3ccccc3-c3cccc4oc5ccccc5c34)c2)cc(-c2ccc3ccccc3c2)c1. The van der Waals surface area contributed by atoms with Gasteiger partial charge in [-0.1, -0.05) is 164 Å². The molecule has 2 aromatic heterocycles. The van der Waals surface area contributed by atoms with Gasteiger partial charge in [-0.05, 0) is 105 Å². The van der Waals surface area contributed by atoms with E-state index < -0.39 is 0 Å². The molecule has 0 aliphatic rings. The van der Waals surface area contributed by atoms with Crippen LogP contribution >= 0.6 is 0 Å². The summed E-state index contributed by atoms with van der Waals surface area (Å²) in [6, 6.07) is 80.0. The van der Waals surface area contributed by atoms with E-state index in [1.165, 1.54) is 21.9 Å². The van der Waals surface area contributed by atoms with Gasteiger partial charge in [0, 0.05) is 44.0 Å². The minimum absolute atomic E-state index is 0.873. The number of anilines is 3. The van der Waals surface area contributed by atoms with Crippen molar-refractivity contribution in [3.63, 3.8) is 0 Å². The van der Waals surface area contributed by atoms with Gasteiger partial charge in [0.05, 0.1) is 5.69 Å². The lowest BCUT2D eigenvalue weighted by Crippen LogP contribution is -2.11. The van der Waals surface area contributed by atoms with E-state index in [4.69, 9.17) is 8.83 Å². The third kappa shape index (κ3) is 5.98. The van der Waals surface area contributed by atoms with Crippen LogP contribution in [0.4, 0.5) is 17.1 Å². The average molecular weight is 780 g/mol. The normalized spacial score (nSPS) is 11.6. The van der Waals surface area contributed by atoms with Crippen molar-refractivity contribution in [1.29, 1.82) is 0 Å². The second-order valence-electron chi connectivity index (χ2n) is 15.6. The molecule has 0 N–H and O–H groups in total. The summed E-state index contributed by atoms with van der Waals surface area (Å²) in [6.07, 6.45) is 0. The molecule has 61 heavy (non-hydrogen) atoms. The first kappa shape index (κ1) is 34.9. The highest BCUT2D eigenvalue weighted by Gasteiger charge is 2.21. The average Bonchev–Trinajstić information content (AvgIpc) is 3.91. The van der Waals surface area contributed by atoms with E-state index in [1.54, 1.807) is 0 Å². The molecule has 286 valence electrons. The molecule has 0 unspecified atom stereocenters. The Kier molecular flexibility index (Phi) is 8.17. The fraction of sp³-hybridized carbons (Fsp3) is 0. The van der Waals surface area contributed by atoms with Crippen molar-refractivity contribution in [2.45, 2.75) is 0 Å². The van der Waals surface area contributed by atoms with Crippen LogP contribution < -0.4 is 4.90 Å². The van der Waals surface area contributed by atoms with Crippen molar-refractivity contribution in [1.82, 2.24) is 0 Å². The molecule has 0 atom stereocenters.